The zero-order valence-corrected chi connectivity index (χ0v) is 14.1. The van der Waals surface area contributed by atoms with Crippen LogP contribution in [0.5, 0.6) is 17.4 Å². The number of hydrogen-bond acceptors (Lipinski definition) is 4. The third kappa shape index (κ3) is 4.36. The van der Waals surface area contributed by atoms with Crippen LogP contribution < -0.4 is 14.8 Å². The molecule has 0 radical (unpaired) electrons. The first kappa shape index (κ1) is 17.4. The van der Waals surface area contributed by atoms with Crippen LogP contribution in [0.15, 0.2) is 66.9 Å². The molecule has 0 aliphatic heterocycles. The lowest BCUT2D eigenvalue weighted by molar-refractivity contribution is 0.0948. The second-order valence-corrected chi connectivity index (χ2v) is 5.44. The summed E-state index contributed by atoms with van der Waals surface area (Å²) in [7, 11) is 1.60. The molecule has 3 rings (SSSR count). The SMILES string of the molecule is COc1ccc(CNC(=O)c2cccnc2Oc2ccc(F)cc2)cc1. The summed E-state index contributed by atoms with van der Waals surface area (Å²) >= 11 is 0. The number of hydrogen-bond donors (Lipinski definition) is 1. The van der Waals surface area contributed by atoms with Crippen LogP contribution in [0.1, 0.15) is 15.9 Å². The molecular formula is C20H17FN2O3. The molecule has 1 amide bonds. The predicted octanol–water partition coefficient (Wildman–Crippen LogP) is 3.95. The maximum Gasteiger partial charge on any atom is 0.257 e. The van der Waals surface area contributed by atoms with E-state index in [1.54, 1.807) is 19.2 Å². The molecule has 132 valence electrons. The molecule has 26 heavy (non-hydrogen) atoms. The van der Waals surface area contributed by atoms with Gasteiger partial charge in [-0.05, 0) is 54.1 Å². The van der Waals surface area contributed by atoms with E-state index < -0.39 is 0 Å². The second kappa shape index (κ2) is 8.11. The Kier molecular flexibility index (Phi) is 5.43. The van der Waals surface area contributed by atoms with Gasteiger partial charge >= 0.3 is 0 Å². The lowest BCUT2D eigenvalue weighted by atomic mass is 10.2. The summed E-state index contributed by atoms with van der Waals surface area (Å²) in [6.45, 7) is 0.355. The fourth-order valence-electron chi connectivity index (χ4n) is 2.28. The zero-order chi connectivity index (χ0) is 18.4. The highest BCUT2D eigenvalue weighted by atomic mass is 19.1. The Morgan fingerprint density at radius 3 is 2.42 bits per heavy atom. The number of amides is 1. The number of rotatable bonds is 6. The van der Waals surface area contributed by atoms with Crippen molar-refractivity contribution in [3.63, 3.8) is 0 Å². The molecule has 1 aromatic heterocycles. The van der Waals surface area contributed by atoms with Crippen molar-refractivity contribution in [3.05, 3.63) is 83.8 Å². The van der Waals surface area contributed by atoms with Gasteiger partial charge in [0.25, 0.3) is 5.91 Å². The van der Waals surface area contributed by atoms with Gasteiger partial charge in [0.2, 0.25) is 5.88 Å². The molecule has 0 spiro atoms. The van der Waals surface area contributed by atoms with Crippen molar-refractivity contribution in [2.75, 3.05) is 7.11 Å². The fourth-order valence-corrected chi connectivity index (χ4v) is 2.28. The monoisotopic (exact) mass is 352 g/mol. The van der Waals surface area contributed by atoms with Crippen molar-refractivity contribution in [3.8, 4) is 17.4 Å². The Hall–Kier alpha value is -3.41. The largest absolute Gasteiger partial charge is 0.497 e. The summed E-state index contributed by atoms with van der Waals surface area (Å²) in [5, 5.41) is 2.83. The summed E-state index contributed by atoms with van der Waals surface area (Å²) in [6.07, 6.45) is 1.53. The minimum absolute atomic E-state index is 0.159. The first-order chi connectivity index (χ1) is 12.7. The smallest absolute Gasteiger partial charge is 0.257 e. The van der Waals surface area contributed by atoms with E-state index in [9.17, 15) is 9.18 Å². The normalized spacial score (nSPS) is 10.2. The van der Waals surface area contributed by atoms with Gasteiger partial charge in [0.05, 0.1) is 7.11 Å². The van der Waals surface area contributed by atoms with Crippen LogP contribution in [-0.4, -0.2) is 18.0 Å². The second-order valence-electron chi connectivity index (χ2n) is 5.44. The number of carbonyl (C=O) groups is 1. The molecule has 1 N–H and O–H groups in total. The van der Waals surface area contributed by atoms with Gasteiger partial charge in [-0.25, -0.2) is 9.37 Å². The summed E-state index contributed by atoms with van der Waals surface area (Å²) in [6, 6.07) is 16.2. The topological polar surface area (TPSA) is 60.5 Å². The minimum atomic E-state index is -0.365. The first-order valence-electron chi connectivity index (χ1n) is 7.95. The number of ether oxygens (including phenoxy) is 2. The van der Waals surface area contributed by atoms with Crippen LogP contribution in [0.3, 0.4) is 0 Å². The maximum absolute atomic E-state index is 13.0. The molecule has 0 bridgehead atoms. The third-order valence-electron chi connectivity index (χ3n) is 3.66. The Bertz CT molecular complexity index is 880. The lowest BCUT2D eigenvalue weighted by Gasteiger charge is -2.10. The molecule has 3 aromatic rings. The van der Waals surface area contributed by atoms with Crippen molar-refractivity contribution in [1.29, 1.82) is 0 Å². The van der Waals surface area contributed by atoms with Crippen molar-refractivity contribution in [2.45, 2.75) is 6.54 Å². The number of nitrogens with zero attached hydrogens (tertiary/aromatic N) is 1. The van der Waals surface area contributed by atoms with Crippen molar-refractivity contribution >= 4 is 5.91 Å². The third-order valence-corrected chi connectivity index (χ3v) is 3.66. The molecule has 0 saturated carbocycles. The van der Waals surface area contributed by atoms with Crippen molar-refractivity contribution in [1.82, 2.24) is 10.3 Å². The van der Waals surface area contributed by atoms with Crippen LogP contribution in [0, 0.1) is 5.82 Å². The van der Waals surface area contributed by atoms with Gasteiger partial charge in [-0.2, -0.15) is 0 Å². The molecule has 0 fully saturated rings. The Morgan fingerprint density at radius 2 is 1.73 bits per heavy atom. The van der Waals surface area contributed by atoms with E-state index in [-0.39, 0.29) is 17.6 Å². The standard InChI is InChI=1S/C20H17FN2O3/c1-25-16-8-4-14(5-9-16)13-23-19(24)18-3-2-12-22-20(18)26-17-10-6-15(21)7-11-17/h2-12H,13H2,1H3,(H,23,24). The summed E-state index contributed by atoms with van der Waals surface area (Å²) in [4.78, 5) is 16.6. The Morgan fingerprint density at radius 1 is 1.04 bits per heavy atom. The zero-order valence-electron chi connectivity index (χ0n) is 14.1. The van der Waals surface area contributed by atoms with Crippen LogP contribution in [-0.2, 0) is 6.54 Å². The fraction of sp³-hybridized carbons (Fsp3) is 0.100. The van der Waals surface area contributed by atoms with Gasteiger partial charge in [-0.15, -0.1) is 0 Å². The molecule has 0 unspecified atom stereocenters. The highest BCUT2D eigenvalue weighted by Gasteiger charge is 2.14. The molecular weight excluding hydrogens is 335 g/mol. The number of methoxy groups -OCH3 is 1. The number of aromatic nitrogens is 1. The molecule has 0 atom stereocenters. The Labute approximate surface area is 150 Å². The molecule has 0 aliphatic carbocycles. The van der Waals surface area contributed by atoms with E-state index in [1.165, 1.54) is 30.5 Å². The average molecular weight is 352 g/mol. The van der Waals surface area contributed by atoms with Gasteiger partial charge in [0.1, 0.15) is 22.9 Å². The van der Waals surface area contributed by atoms with E-state index in [4.69, 9.17) is 9.47 Å². The van der Waals surface area contributed by atoms with E-state index in [0.717, 1.165) is 11.3 Å². The Balaban J connectivity index is 1.69. The number of pyridine rings is 1. The lowest BCUT2D eigenvalue weighted by Crippen LogP contribution is -2.23. The number of carbonyl (C=O) groups excluding carboxylic acids is 1. The molecule has 6 heteroatoms. The van der Waals surface area contributed by atoms with E-state index in [2.05, 4.69) is 10.3 Å². The van der Waals surface area contributed by atoms with Crippen LogP contribution in [0.25, 0.3) is 0 Å². The summed E-state index contributed by atoms with van der Waals surface area (Å²) in [5.41, 5.74) is 1.23. The van der Waals surface area contributed by atoms with E-state index >= 15 is 0 Å². The first-order valence-corrected chi connectivity index (χ1v) is 7.95. The number of nitrogens with one attached hydrogen (secondary N) is 1. The highest BCUT2D eigenvalue weighted by molar-refractivity contribution is 5.96. The molecule has 0 aliphatic rings. The van der Waals surface area contributed by atoms with Crippen molar-refractivity contribution in [2.24, 2.45) is 0 Å². The van der Waals surface area contributed by atoms with Crippen LogP contribution >= 0.6 is 0 Å². The van der Waals surface area contributed by atoms with Gasteiger partial charge in [0.15, 0.2) is 0 Å². The summed E-state index contributed by atoms with van der Waals surface area (Å²) in [5.74, 6) is 0.629. The molecule has 0 saturated heterocycles. The quantitative estimate of drug-likeness (QED) is 0.730. The molecule has 2 aromatic carbocycles. The number of benzene rings is 2. The van der Waals surface area contributed by atoms with Crippen molar-refractivity contribution < 1.29 is 18.7 Å². The number of halogens is 1. The predicted molar refractivity (Wildman–Crippen MR) is 94.9 cm³/mol. The molecule has 5 nitrogen and oxygen atoms in total. The van der Waals surface area contributed by atoms with Gasteiger partial charge in [-0.1, -0.05) is 12.1 Å². The van der Waals surface area contributed by atoms with Gasteiger partial charge in [0, 0.05) is 12.7 Å². The van der Waals surface area contributed by atoms with E-state index in [1.807, 2.05) is 24.3 Å². The highest BCUT2D eigenvalue weighted by Crippen LogP contribution is 2.23. The van der Waals surface area contributed by atoms with Gasteiger partial charge < -0.3 is 14.8 Å². The maximum atomic E-state index is 13.0. The average Bonchev–Trinajstić information content (AvgIpc) is 2.68. The minimum Gasteiger partial charge on any atom is -0.497 e. The van der Waals surface area contributed by atoms with E-state index in [0.29, 0.717) is 17.9 Å². The summed E-state index contributed by atoms with van der Waals surface area (Å²) < 4.78 is 23.7. The van der Waals surface area contributed by atoms with Gasteiger partial charge in [-0.3, -0.25) is 4.79 Å². The van der Waals surface area contributed by atoms with Crippen LogP contribution in [0.2, 0.25) is 0 Å². The van der Waals surface area contributed by atoms with Crippen LogP contribution in [0.4, 0.5) is 4.39 Å². The molecule has 1 heterocycles.